The van der Waals surface area contributed by atoms with E-state index < -0.39 is 0 Å². The zero-order chi connectivity index (χ0) is 14.0. The molecule has 0 saturated carbocycles. The third kappa shape index (κ3) is 3.28. The molecule has 0 aliphatic carbocycles. The Hall–Kier alpha value is -1.52. The van der Waals surface area contributed by atoms with Gasteiger partial charge in [-0.3, -0.25) is 4.79 Å². The number of hydrogen-bond acceptors (Lipinski definition) is 2. The molecule has 0 spiro atoms. The molecule has 0 aromatic heterocycles. The largest absolute Gasteiger partial charge is 0.506 e. The maximum absolute atomic E-state index is 12.1. The van der Waals surface area contributed by atoms with E-state index in [0.29, 0.717) is 15.2 Å². The summed E-state index contributed by atoms with van der Waals surface area (Å²) in [5.74, 6) is -0.443. The smallest absolute Gasteiger partial charge is 0.259 e. The number of carbonyl (C=O) groups excluding carboxylic acids is 1. The zero-order valence-corrected chi connectivity index (χ0v) is 12.4. The van der Waals surface area contributed by atoms with Gasteiger partial charge in [0.25, 0.3) is 5.91 Å². The molecule has 0 aliphatic heterocycles. The van der Waals surface area contributed by atoms with Crippen molar-refractivity contribution in [2.75, 3.05) is 5.32 Å². The van der Waals surface area contributed by atoms with Gasteiger partial charge in [0.2, 0.25) is 0 Å². The number of halogens is 2. The van der Waals surface area contributed by atoms with Gasteiger partial charge in [0.05, 0.1) is 10.0 Å². The van der Waals surface area contributed by atoms with Crippen LogP contribution in [0, 0.1) is 6.92 Å². The Kier molecular flexibility index (Phi) is 4.12. The third-order valence-electron chi connectivity index (χ3n) is 2.55. The molecule has 98 valence electrons. The van der Waals surface area contributed by atoms with Crippen molar-refractivity contribution in [3.8, 4) is 5.75 Å². The standard InChI is InChI=1S/C14H11BrClNO2/c1-8-6-11(13(18)12(15)7-8)14(19)17-10-4-2-9(16)3-5-10/h2-7,18H,1H3,(H,17,19). The number of hydrogen-bond donors (Lipinski definition) is 2. The highest BCUT2D eigenvalue weighted by atomic mass is 79.9. The van der Waals surface area contributed by atoms with Crippen molar-refractivity contribution in [3.05, 3.63) is 57.0 Å². The van der Waals surface area contributed by atoms with Gasteiger partial charge >= 0.3 is 0 Å². The first kappa shape index (κ1) is 13.9. The number of carbonyl (C=O) groups is 1. The Morgan fingerprint density at radius 2 is 1.89 bits per heavy atom. The van der Waals surface area contributed by atoms with E-state index in [1.807, 2.05) is 6.92 Å². The van der Waals surface area contributed by atoms with Crippen molar-refractivity contribution in [3.63, 3.8) is 0 Å². The molecule has 0 bridgehead atoms. The number of phenolic OH excluding ortho intramolecular Hbond substituents is 1. The molecule has 0 heterocycles. The monoisotopic (exact) mass is 339 g/mol. The highest BCUT2D eigenvalue weighted by Gasteiger charge is 2.14. The highest BCUT2D eigenvalue weighted by molar-refractivity contribution is 9.10. The molecule has 2 aromatic rings. The van der Waals surface area contributed by atoms with E-state index in [4.69, 9.17) is 11.6 Å². The van der Waals surface area contributed by atoms with E-state index in [0.717, 1.165) is 5.56 Å². The van der Waals surface area contributed by atoms with Crippen molar-refractivity contribution in [2.45, 2.75) is 6.92 Å². The van der Waals surface area contributed by atoms with E-state index in [1.54, 1.807) is 36.4 Å². The quantitative estimate of drug-likeness (QED) is 0.853. The van der Waals surface area contributed by atoms with Crippen LogP contribution in [0.25, 0.3) is 0 Å². The molecule has 0 atom stereocenters. The summed E-state index contributed by atoms with van der Waals surface area (Å²) in [6.07, 6.45) is 0. The van der Waals surface area contributed by atoms with Gasteiger partial charge in [-0.1, -0.05) is 11.6 Å². The van der Waals surface area contributed by atoms with Crippen LogP contribution in [-0.4, -0.2) is 11.0 Å². The number of benzene rings is 2. The fraction of sp³-hybridized carbons (Fsp3) is 0.0714. The lowest BCUT2D eigenvalue weighted by Crippen LogP contribution is -2.12. The molecular weight excluding hydrogens is 330 g/mol. The predicted molar refractivity (Wildman–Crippen MR) is 79.9 cm³/mol. The molecule has 2 rings (SSSR count). The summed E-state index contributed by atoms with van der Waals surface area (Å²) in [4.78, 5) is 12.1. The van der Waals surface area contributed by atoms with Crippen LogP contribution in [0.1, 0.15) is 15.9 Å². The van der Waals surface area contributed by atoms with Gasteiger partial charge in [-0.15, -0.1) is 0 Å². The number of anilines is 1. The van der Waals surface area contributed by atoms with Crippen LogP contribution in [0.4, 0.5) is 5.69 Å². The van der Waals surface area contributed by atoms with Crippen molar-refractivity contribution >= 4 is 39.1 Å². The first-order valence-corrected chi connectivity index (χ1v) is 6.70. The van der Waals surface area contributed by atoms with E-state index >= 15 is 0 Å². The van der Waals surface area contributed by atoms with Gasteiger partial charge in [0.15, 0.2) is 0 Å². The molecule has 3 nitrogen and oxygen atoms in total. The first-order valence-electron chi connectivity index (χ1n) is 5.53. The van der Waals surface area contributed by atoms with Crippen LogP contribution in [0.2, 0.25) is 5.02 Å². The number of aryl methyl sites for hydroxylation is 1. The Morgan fingerprint density at radius 3 is 2.53 bits per heavy atom. The Balaban J connectivity index is 2.27. The van der Waals surface area contributed by atoms with Gasteiger partial charge in [-0.2, -0.15) is 0 Å². The lowest BCUT2D eigenvalue weighted by Gasteiger charge is -2.09. The second kappa shape index (κ2) is 5.63. The minimum atomic E-state index is -0.371. The molecule has 19 heavy (non-hydrogen) atoms. The summed E-state index contributed by atoms with van der Waals surface area (Å²) in [5.41, 5.74) is 1.72. The molecule has 2 N–H and O–H groups in total. The molecular formula is C14H11BrClNO2. The number of nitrogens with one attached hydrogen (secondary N) is 1. The minimum Gasteiger partial charge on any atom is -0.506 e. The average Bonchev–Trinajstić information content (AvgIpc) is 2.36. The van der Waals surface area contributed by atoms with Crippen LogP contribution in [0.3, 0.4) is 0 Å². The number of amides is 1. The second-order valence-electron chi connectivity index (χ2n) is 4.10. The van der Waals surface area contributed by atoms with Gasteiger partial charge < -0.3 is 10.4 Å². The molecule has 1 amide bonds. The predicted octanol–water partition coefficient (Wildman–Crippen LogP) is 4.37. The molecule has 5 heteroatoms. The summed E-state index contributed by atoms with van der Waals surface area (Å²) >= 11 is 8.99. The average molecular weight is 341 g/mol. The van der Waals surface area contributed by atoms with Crippen LogP contribution in [0.15, 0.2) is 40.9 Å². The Labute approximate surface area is 124 Å². The molecule has 0 radical (unpaired) electrons. The summed E-state index contributed by atoms with van der Waals surface area (Å²) in [6, 6.07) is 10.1. The van der Waals surface area contributed by atoms with E-state index in [-0.39, 0.29) is 17.2 Å². The van der Waals surface area contributed by atoms with E-state index in [9.17, 15) is 9.90 Å². The van der Waals surface area contributed by atoms with Crippen LogP contribution in [-0.2, 0) is 0 Å². The van der Waals surface area contributed by atoms with Crippen molar-refractivity contribution in [1.82, 2.24) is 0 Å². The lowest BCUT2D eigenvalue weighted by atomic mass is 10.1. The fourth-order valence-corrected chi connectivity index (χ4v) is 2.34. The Bertz CT molecular complexity index is 626. The first-order chi connectivity index (χ1) is 8.97. The number of aromatic hydroxyl groups is 1. The molecule has 0 fully saturated rings. The number of phenols is 1. The van der Waals surface area contributed by atoms with Crippen molar-refractivity contribution in [1.29, 1.82) is 0 Å². The summed E-state index contributed by atoms with van der Waals surface area (Å²) in [6.45, 7) is 1.85. The van der Waals surface area contributed by atoms with Crippen LogP contribution in [0.5, 0.6) is 5.75 Å². The van der Waals surface area contributed by atoms with Crippen LogP contribution < -0.4 is 5.32 Å². The molecule has 0 aliphatic rings. The van der Waals surface area contributed by atoms with Gasteiger partial charge in [-0.05, 0) is 64.8 Å². The maximum atomic E-state index is 12.1. The normalized spacial score (nSPS) is 10.3. The number of rotatable bonds is 2. The van der Waals surface area contributed by atoms with Gasteiger partial charge in [-0.25, -0.2) is 0 Å². The van der Waals surface area contributed by atoms with Gasteiger partial charge in [0, 0.05) is 10.7 Å². The van der Waals surface area contributed by atoms with E-state index in [2.05, 4.69) is 21.2 Å². The summed E-state index contributed by atoms with van der Waals surface area (Å²) in [5, 5.41) is 13.2. The maximum Gasteiger partial charge on any atom is 0.259 e. The minimum absolute atomic E-state index is 0.0722. The molecule has 0 unspecified atom stereocenters. The summed E-state index contributed by atoms with van der Waals surface area (Å²) < 4.78 is 0.494. The van der Waals surface area contributed by atoms with Crippen molar-refractivity contribution in [2.24, 2.45) is 0 Å². The molecule has 0 saturated heterocycles. The van der Waals surface area contributed by atoms with Gasteiger partial charge in [0.1, 0.15) is 5.75 Å². The Morgan fingerprint density at radius 1 is 1.26 bits per heavy atom. The topological polar surface area (TPSA) is 49.3 Å². The lowest BCUT2D eigenvalue weighted by molar-refractivity contribution is 0.102. The third-order valence-corrected chi connectivity index (χ3v) is 3.41. The SMILES string of the molecule is Cc1cc(Br)c(O)c(C(=O)Nc2ccc(Cl)cc2)c1. The fourth-order valence-electron chi connectivity index (χ4n) is 1.64. The second-order valence-corrected chi connectivity index (χ2v) is 5.39. The van der Waals surface area contributed by atoms with Crippen molar-refractivity contribution < 1.29 is 9.90 Å². The van der Waals surface area contributed by atoms with E-state index in [1.165, 1.54) is 0 Å². The zero-order valence-electron chi connectivity index (χ0n) is 10.1. The summed E-state index contributed by atoms with van der Waals surface area (Å²) in [7, 11) is 0. The van der Waals surface area contributed by atoms with Crippen LogP contribution >= 0.6 is 27.5 Å². The highest BCUT2D eigenvalue weighted by Crippen LogP contribution is 2.30. The molecule has 2 aromatic carbocycles.